The first-order valence-electron chi connectivity index (χ1n) is 18.5. The van der Waals surface area contributed by atoms with E-state index < -0.39 is 0 Å². The van der Waals surface area contributed by atoms with Gasteiger partial charge >= 0.3 is 0 Å². The van der Waals surface area contributed by atoms with E-state index in [1.807, 2.05) is 24.3 Å². The zero-order valence-electron chi connectivity index (χ0n) is 33.0. The number of carbonyl (C=O) groups excluding carboxylic acids is 1. The second kappa shape index (κ2) is 16.7. The number of carbonyl (C=O) groups is 1. The van der Waals surface area contributed by atoms with Crippen LogP contribution in [0.25, 0.3) is 21.9 Å². The predicted molar refractivity (Wildman–Crippen MR) is 234 cm³/mol. The van der Waals surface area contributed by atoms with Gasteiger partial charge in [-0.3, -0.25) is 4.79 Å². The SMILES string of the molecule is CN(C)c1ccc(C(=CCC(CC(=O)c2cccc3ccccc23)=C(c2ccc(N(C)C)cc2)c2ccc(N(C)C)cc2)c2ccc(N(C)C)cc2)cc1. The van der Waals surface area contributed by atoms with Crippen LogP contribution in [-0.4, -0.2) is 62.2 Å². The van der Waals surface area contributed by atoms with Crippen molar-refractivity contribution in [2.24, 2.45) is 0 Å². The van der Waals surface area contributed by atoms with Crippen LogP contribution in [0, 0.1) is 0 Å². The van der Waals surface area contributed by atoms with E-state index in [4.69, 9.17) is 0 Å². The van der Waals surface area contributed by atoms with Gasteiger partial charge in [-0.05, 0) is 99.1 Å². The molecule has 0 spiro atoms. The summed E-state index contributed by atoms with van der Waals surface area (Å²) < 4.78 is 0. The van der Waals surface area contributed by atoms with Crippen molar-refractivity contribution in [3.05, 3.63) is 179 Å². The number of hydrogen-bond acceptors (Lipinski definition) is 5. The second-order valence-electron chi connectivity index (χ2n) is 14.7. The molecule has 0 radical (unpaired) electrons. The maximum absolute atomic E-state index is 14.6. The van der Waals surface area contributed by atoms with Crippen molar-refractivity contribution in [1.29, 1.82) is 0 Å². The first-order chi connectivity index (χ1) is 26.0. The van der Waals surface area contributed by atoms with Crippen molar-refractivity contribution in [1.82, 2.24) is 0 Å². The lowest BCUT2D eigenvalue weighted by Gasteiger charge is -2.20. The van der Waals surface area contributed by atoms with Gasteiger partial charge in [-0.15, -0.1) is 0 Å². The number of allylic oxidation sites excluding steroid dienone is 2. The molecule has 0 aromatic heterocycles. The van der Waals surface area contributed by atoms with Crippen LogP contribution in [0.15, 0.2) is 151 Å². The van der Waals surface area contributed by atoms with Gasteiger partial charge in [-0.25, -0.2) is 0 Å². The number of hydrogen-bond donors (Lipinski definition) is 0. The van der Waals surface area contributed by atoms with Gasteiger partial charge in [-0.1, -0.05) is 103 Å². The van der Waals surface area contributed by atoms with Crippen molar-refractivity contribution in [2.45, 2.75) is 12.8 Å². The van der Waals surface area contributed by atoms with E-state index in [1.54, 1.807) is 0 Å². The third kappa shape index (κ3) is 8.58. The molecule has 6 aromatic carbocycles. The summed E-state index contributed by atoms with van der Waals surface area (Å²) in [4.78, 5) is 23.1. The summed E-state index contributed by atoms with van der Waals surface area (Å²) in [5.41, 5.74) is 13.0. The van der Waals surface area contributed by atoms with E-state index in [1.165, 1.54) is 0 Å². The average Bonchev–Trinajstić information content (AvgIpc) is 3.18. The van der Waals surface area contributed by atoms with Crippen LogP contribution in [0.1, 0.15) is 45.5 Å². The van der Waals surface area contributed by atoms with Crippen molar-refractivity contribution in [3.8, 4) is 0 Å². The third-order valence-corrected chi connectivity index (χ3v) is 10.1. The number of rotatable bonds is 13. The fourth-order valence-corrected chi connectivity index (χ4v) is 6.95. The monoisotopic (exact) mass is 712 g/mol. The highest BCUT2D eigenvalue weighted by molar-refractivity contribution is 6.09. The maximum Gasteiger partial charge on any atom is 0.167 e. The number of ketones is 1. The molecule has 0 unspecified atom stereocenters. The van der Waals surface area contributed by atoms with Crippen LogP contribution in [0.3, 0.4) is 0 Å². The Bertz CT molecular complexity index is 2150. The fourth-order valence-electron chi connectivity index (χ4n) is 6.95. The molecule has 274 valence electrons. The minimum atomic E-state index is 0.106. The molecular weight excluding hydrogens is 661 g/mol. The number of fused-ring (bicyclic) bond motifs is 1. The largest absolute Gasteiger partial charge is 0.378 e. The van der Waals surface area contributed by atoms with Crippen molar-refractivity contribution < 1.29 is 4.79 Å². The molecule has 0 saturated heterocycles. The summed E-state index contributed by atoms with van der Waals surface area (Å²) in [5.74, 6) is 0.106. The van der Waals surface area contributed by atoms with Crippen LogP contribution in [0.2, 0.25) is 0 Å². The lowest BCUT2D eigenvalue weighted by atomic mass is 9.86. The van der Waals surface area contributed by atoms with Crippen molar-refractivity contribution in [2.75, 3.05) is 76.0 Å². The highest BCUT2D eigenvalue weighted by atomic mass is 16.1. The summed E-state index contributed by atoms with van der Waals surface area (Å²) in [5, 5.41) is 2.05. The van der Waals surface area contributed by atoms with Gasteiger partial charge < -0.3 is 19.6 Å². The Hall–Kier alpha value is -6.07. The molecule has 0 aliphatic heterocycles. The normalized spacial score (nSPS) is 10.8. The van der Waals surface area contributed by atoms with E-state index in [0.717, 1.165) is 78.1 Å². The molecule has 0 atom stereocenters. The topological polar surface area (TPSA) is 30.0 Å². The Morgan fingerprint density at radius 2 is 0.852 bits per heavy atom. The summed E-state index contributed by atoms with van der Waals surface area (Å²) in [6, 6.07) is 49.1. The lowest BCUT2D eigenvalue weighted by molar-refractivity contribution is 0.0994. The van der Waals surface area contributed by atoms with Gasteiger partial charge in [0.1, 0.15) is 0 Å². The average molecular weight is 713 g/mol. The Morgan fingerprint density at radius 3 is 1.28 bits per heavy atom. The molecule has 0 heterocycles. The summed E-state index contributed by atoms with van der Waals surface area (Å²) in [6.07, 6.45) is 3.18. The molecule has 0 bridgehead atoms. The Morgan fingerprint density at radius 1 is 0.463 bits per heavy atom. The van der Waals surface area contributed by atoms with Crippen molar-refractivity contribution >= 4 is 50.5 Å². The quantitative estimate of drug-likeness (QED) is 0.111. The van der Waals surface area contributed by atoms with Gasteiger partial charge in [-0.2, -0.15) is 0 Å². The van der Waals surface area contributed by atoms with Crippen LogP contribution in [0.4, 0.5) is 22.7 Å². The molecule has 5 nitrogen and oxygen atoms in total. The molecule has 54 heavy (non-hydrogen) atoms. The highest BCUT2D eigenvalue weighted by Gasteiger charge is 2.19. The Balaban J connectivity index is 1.57. The van der Waals surface area contributed by atoms with Crippen LogP contribution in [-0.2, 0) is 0 Å². The molecule has 6 aromatic rings. The maximum atomic E-state index is 14.6. The van der Waals surface area contributed by atoms with Gasteiger partial charge in [0, 0.05) is 91.1 Å². The first-order valence-corrected chi connectivity index (χ1v) is 18.5. The number of benzene rings is 6. The molecule has 0 saturated carbocycles. The molecule has 0 aliphatic carbocycles. The van der Waals surface area contributed by atoms with Gasteiger partial charge in [0.05, 0.1) is 0 Å². The van der Waals surface area contributed by atoms with E-state index in [-0.39, 0.29) is 12.2 Å². The molecule has 6 rings (SSSR count). The smallest absolute Gasteiger partial charge is 0.167 e. The van der Waals surface area contributed by atoms with E-state index in [2.05, 4.69) is 197 Å². The first kappa shape index (κ1) is 37.7. The fraction of sp³-hybridized carbons (Fsp3) is 0.204. The molecule has 0 aliphatic rings. The van der Waals surface area contributed by atoms with Crippen LogP contribution < -0.4 is 19.6 Å². The van der Waals surface area contributed by atoms with E-state index >= 15 is 0 Å². The van der Waals surface area contributed by atoms with Crippen molar-refractivity contribution in [3.63, 3.8) is 0 Å². The number of nitrogens with zero attached hydrogens (tertiary/aromatic N) is 4. The van der Waals surface area contributed by atoms with Crippen LogP contribution in [0.5, 0.6) is 0 Å². The molecular formula is C49H52N4O. The summed E-state index contributed by atoms with van der Waals surface area (Å²) in [7, 11) is 16.5. The minimum absolute atomic E-state index is 0.106. The third-order valence-electron chi connectivity index (χ3n) is 10.1. The van der Waals surface area contributed by atoms with Crippen LogP contribution >= 0.6 is 0 Å². The summed E-state index contributed by atoms with van der Waals surface area (Å²) >= 11 is 0. The van der Waals surface area contributed by atoms with E-state index in [9.17, 15) is 4.79 Å². The zero-order valence-corrected chi connectivity index (χ0v) is 33.0. The Kier molecular flexibility index (Phi) is 11.7. The standard InChI is InChI=1S/C49H52N4O/c1-50(2)41-25-16-36(17-26-41)45(37-18-27-42(28-19-37)51(3)4)33-24-40(34-48(54)47-15-11-13-35-12-9-10-14-46(35)47)49(38-20-29-43(30-21-38)52(5)6)39-22-31-44(32-23-39)53(7)8/h9-23,25-33H,24,34H2,1-8H3. The molecule has 0 amide bonds. The highest BCUT2D eigenvalue weighted by Crippen LogP contribution is 2.36. The molecule has 0 N–H and O–H groups in total. The van der Waals surface area contributed by atoms with E-state index in [0.29, 0.717) is 6.42 Å². The van der Waals surface area contributed by atoms with Gasteiger partial charge in [0.2, 0.25) is 0 Å². The number of anilines is 4. The molecule has 5 heteroatoms. The number of Topliss-reactive ketones (excluding diaryl/α,β-unsaturated/α-hetero) is 1. The predicted octanol–water partition coefficient (Wildman–Crippen LogP) is 10.7. The minimum Gasteiger partial charge on any atom is -0.378 e. The van der Waals surface area contributed by atoms with Gasteiger partial charge in [0.25, 0.3) is 0 Å². The zero-order chi connectivity index (χ0) is 38.4. The molecule has 0 fully saturated rings. The van der Waals surface area contributed by atoms with Gasteiger partial charge in [0.15, 0.2) is 5.78 Å². The summed E-state index contributed by atoms with van der Waals surface area (Å²) in [6.45, 7) is 0. The Labute approximate surface area is 322 Å². The second-order valence-corrected chi connectivity index (χ2v) is 14.7. The lowest BCUT2D eigenvalue weighted by Crippen LogP contribution is -2.09.